The molecule has 2 N–H and O–H groups in total. The summed E-state index contributed by atoms with van der Waals surface area (Å²) in [7, 11) is 1.86. The summed E-state index contributed by atoms with van der Waals surface area (Å²) in [4.78, 5) is 11.3. The number of nitrogens with zero attached hydrogens (tertiary/aromatic N) is 3. The zero-order valence-electron chi connectivity index (χ0n) is 13.8. The third kappa shape index (κ3) is 6.73. The van der Waals surface area contributed by atoms with Gasteiger partial charge in [-0.15, -0.1) is 0 Å². The normalized spacial score (nSPS) is 10.9. The highest BCUT2D eigenvalue weighted by molar-refractivity contribution is 5.47. The average Bonchev–Trinajstić information content (AvgIpc) is 2.51. The molecule has 0 radical (unpaired) electrons. The van der Waals surface area contributed by atoms with Crippen LogP contribution in [0.15, 0.2) is 6.07 Å². The van der Waals surface area contributed by atoms with Crippen LogP contribution in [0, 0.1) is 0 Å². The van der Waals surface area contributed by atoms with E-state index in [0.29, 0.717) is 19.0 Å². The van der Waals surface area contributed by atoms with Gasteiger partial charge >= 0.3 is 0 Å². The average molecular weight is 295 g/mol. The molecule has 120 valence electrons. The second-order valence-electron chi connectivity index (χ2n) is 4.80. The van der Waals surface area contributed by atoms with Crippen molar-refractivity contribution in [3.8, 4) is 0 Å². The molecule has 0 aliphatic carbocycles. The van der Waals surface area contributed by atoms with Crippen molar-refractivity contribution in [3.63, 3.8) is 0 Å². The first-order valence-corrected chi connectivity index (χ1v) is 7.83. The van der Waals surface area contributed by atoms with Gasteiger partial charge in [-0.2, -0.15) is 0 Å². The Morgan fingerprint density at radius 2 is 1.90 bits per heavy atom. The Bertz CT molecular complexity index is 400. The van der Waals surface area contributed by atoms with Gasteiger partial charge in [0, 0.05) is 32.8 Å². The van der Waals surface area contributed by atoms with Crippen molar-refractivity contribution in [2.45, 2.75) is 33.8 Å². The van der Waals surface area contributed by atoms with Gasteiger partial charge in [0.15, 0.2) is 5.82 Å². The van der Waals surface area contributed by atoms with Gasteiger partial charge in [-0.3, -0.25) is 0 Å². The molecule has 0 bridgehead atoms. The van der Waals surface area contributed by atoms with Crippen LogP contribution in [0.4, 0.5) is 11.6 Å². The number of hydrogen-bond donors (Lipinski definition) is 2. The molecule has 0 amide bonds. The fraction of sp³-hybridized carbons (Fsp3) is 0.733. The molecule has 6 nitrogen and oxygen atoms in total. The number of nitrogens with one attached hydrogen (secondary N) is 2. The van der Waals surface area contributed by atoms with E-state index in [0.717, 1.165) is 37.8 Å². The third-order valence-corrected chi connectivity index (χ3v) is 3.19. The van der Waals surface area contributed by atoms with Crippen molar-refractivity contribution >= 4 is 11.6 Å². The molecule has 0 spiro atoms. The van der Waals surface area contributed by atoms with Crippen molar-refractivity contribution in [1.29, 1.82) is 0 Å². The molecule has 1 aromatic heterocycles. The maximum Gasteiger partial charge on any atom is 0.158 e. The smallest absolute Gasteiger partial charge is 0.158 e. The summed E-state index contributed by atoms with van der Waals surface area (Å²) in [6.07, 6.45) is 1.18. The van der Waals surface area contributed by atoms with Gasteiger partial charge in [0.1, 0.15) is 18.2 Å². The van der Waals surface area contributed by atoms with Crippen LogP contribution in [-0.4, -0.2) is 54.7 Å². The molecule has 0 aliphatic rings. The van der Waals surface area contributed by atoms with Gasteiger partial charge in [-0.1, -0.05) is 13.8 Å². The van der Waals surface area contributed by atoms with Gasteiger partial charge in [0.25, 0.3) is 0 Å². The van der Waals surface area contributed by atoms with Gasteiger partial charge < -0.3 is 20.3 Å². The highest BCUT2D eigenvalue weighted by atomic mass is 16.5. The number of rotatable bonds is 11. The van der Waals surface area contributed by atoms with Crippen molar-refractivity contribution in [2.24, 2.45) is 0 Å². The van der Waals surface area contributed by atoms with Crippen molar-refractivity contribution < 1.29 is 4.74 Å². The first-order valence-electron chi connectivity index (χ1n) is 7.83. The molecule has 0 saturated carbocycles. The van der Waals surface area contributed by atoms with Crippen LogP contribution in [0.2, 0.25) is 0 Å². The molecule has 1 rings (SSSR count). The molecule has 0 fully saturated rings. The summed E-state index contributed by atoms with van der Waals surface area (Å²) in [5, 5.41) is 6.43. The molecule has 21 heavy (non-hydrogen) atoms. The first-order chi connectivity index (χ1) is 10.2. The summed E-state index contributed by atoms with van der Waals surface area (Å²) < 4.78 is 5.38. The third-order valence-electron chi connectivity index (χ3n) is 3.19. The Labute approximate surface area is 128 Å². The van der Waals surface area contributed by atoms with E-state index in [9.17, 15) is 0 Å². The monoisotopic (exact) mass is 295 g/mol. The lowest BCUT2D eigenvalue weighted by atomic mass is 10.4. The molecule has 6 heteroatoms. The molecule has 0 unspecified atom stereocenters. The van der Waals surface area contributed by atoms with Gasteiger partial charge in [-0.25, -0.2) is 9.97 Å². The maximum absolute atomic E-state index is 5.38. The van der Waals surface area contributed by atoms with E-state index < -0.39 is 0 Å². The summed E-state index contributed by atoms with van der Waals surface area (Å²) in [5.74, 6) is 2.35. The van der Waals surface area contributed by atoms with Crippen LogP contribution in [0.5, 0.6) is 0 Å². The number of anilines is 2. The molecule has 0 aromatic carbocycles. The zero-order valence-corrected chi connectivity index (χ0v) is 13.8. The second kappa shape index (κ2) is 10.3. The Morgan fingerprint density at radius 1 is 1.14 bits per heavy atom. The van der Waals surface area contributed by atoms with E-state index in [1.807, 2.05) is 20.0 Å². The molecule has 1 heterocycles. The van der Waals surface area contributed by atoms with Gasteiger partial charge in [-0.05, 0) is 26.4 Å². The van der Waals surface area contributed by atoms with E-state index in [2.05, 4.69) is 39.3 Å². The summed E-state index contributed by atoms with van der Waals surface area (Å²) in [5.41, 5.74) is 0. The number of ether oxygens (including phenoxy) is 1. The van der Waals surface area contributed by atoms with Gasteiger partial charge in [0.2, 0.25) is 0 Å². The molecule has 0 aliphatic heterocycles. The molecule has 0 atom stereocenters. The van der Waals surface area contributed by atoms with Crippen LogP contribution in [-0.2, 0) is 11.3 Å². The standard InChI is InChI=1S/C15H29N5O/c1-5-9-20(6-2)10-8-17-14-11-13(16-4)18-15(19-14)12-21-7-3/h11H,5-10,12H2,1-4H3,(H2,16,17,18,19). The fourth-order valence-electron chi connectivity index (χ4n) is 2.06. The summed E-state index contributed by atoms with van der Waals surface area (Å²) >= 11 is 0. The highest BCUT2D eigenvalue weighted by Gasteiger charge is 2.05. The number of aromatic nitrogens is 2. The maximum atomic E-state index is 5.38. The van der Waals surface area contributed by atoms with Crippen LogP contribution in [0.1, 0.15) is 33.0 Å². The Morgan fingerprint density at radius 3 is 2.52 bits per heavy atom. The number of likely N-dealkylation sites (N-methyl/N-ethyl adjacent to an activating group) is 1. The van der Waals surface area contributed by atoms with Crippen molar-refractivity contribution in [2.75, 3.05) is 50.5 Å². The minimum atomic E-state index is 0.442. The number of hydrogen-bond acceptors (Lipinski definition) is 6. The zero-order chi connectivity index (χ0) is 15.5. The largest absolute Gasteiger partial charge is 0.374 e. The van der Waals surface area contributed by atoms with E-state index in [1.54, 1.807) is 0 Å². The molecular formula is C15H29N5O. The quantitative estimate of drug-likeness (QED) is 0.652. The van der Waals surface area contributed by atoms with Crippen molar-refractivity contribution in [3.05, 3.63) is 11.9 Å². The topological polar surface area (TPSA) is 62.3 Å². The Balaban J connectivity index is 2.56. The van der Waals surface area contributed by atoms with Crippen LogP contribution in [0.25, 0.3) is 0 Å². The summed E-state index contributed by atoms with van der Waals surface area (Å²) in [6, 6.07) is 1.92. The second-order valence-corrected chi connectivity index (χ2v) is 4.80. The molecular weight excluding hydrogens is 266 g/mol. The van der Waals surface area contributed by atoms with E-state index >= 15 is 0 Å². The first kappa shape index (κ1) is 17.7. The lowest BCUT2D eigenvalue weighted by Crippen LogP contribution is -2.29. The van der Waals surface area contributed by atoms with Crippen LogP contribution >= 0.6 is 0 Å². The van der Waals surface area contributed by atoms with Crippen LogP contribution < -0.4 is 10.6 Å². The summed E-state index contributed by atoms with van der Waals surface area (Å²) in [6.45, 7) is 11.6. The fourth-order valence-corrected chi connectivity index (χ4v) is 2.06. The predicted octanol–water partition coefficient (Wildman–Crippen LogP) is 2.20. The van der Waals surface area contributed by atoms with E-state index in [-0.39, 0.29) is 0 Å². The van der Waals surface area contributed by atoms with E-state index in [1.165, 1.54) is 6.42 Å². The van der Waals surface area contributed by atoms with Crippen LogP contribution in [0.3, 0.4) is 0 Å². The molecule has 0 saturated heterocycles. The lowest BCUT2D eigenvalue weighted by molar-refractivity contribution is 0.128. The Hall–Kier alpha value is -1.40. The minimum absolute atomic E-state index is 0.442. The van der Waals surface area contributed by atoms with Gasteiger partial charge in [0.05, 0.1) is 0 Å². The van der Waals surface area contributed by atoms with E-state index in [4.69, 9.17) is 4.74 Å². The SMILES string of the molecule is CCCN(CC)CCNc1cc(NC)nc(COCC)n1. The highest BCUT2D eigenvalue weighted by Crippen LogP contribution is 2.11. The lowest BCUT2D eigenvalue weighted by Gasteiger charge is -2.19. The van der Waals surface area contributed by atoms with Crippen molar-refractivity contribution in [1.82, 2.24) is 14.9 Å². The minimum Gasteiger partial charge on any atom is -0.374 e. The molecule has 1 aromatic rings. The predicted molar refractivity (Wildman–Crippen MR) is 87.8 cm³/mol. The Kier molecular flexibility index (Phi) is 8.69.